The van der Waals surface area contributed by atoms with Crippen LogP contribution in [0.5, 0.6) is 0 Å². The molecule has 1 heterocycles. The van der Waals surface area contributed by atoms with Crippen molar-refractivity contribution in [2.24, 2.45) is 0 Å². The molecule has 0 aliphatic heterocycles. The molecule has 3 N–H and O–H groups in total. The van der Waals surface area contributed by atoms with E-state index in [0.717, 1.165) is 17.8 Å². The Bertz CT molecular complexity index is 440. The first-order valence-corrected chi connectivity index (χ1v) is 6.31. The Morgan fingerprint density at radius 2 is 2.26 bits per heavy atom. The number of rotatable bonds is 8. The lowest BCUT2D eigenvalue weighted by Crippen LogP contribution is -2.31. The molecular formula is C13H22N4O2. The third-order valence-electron chi connectivity index (χ3n) is 2.77. The summed E-state index contributed by atoms with van der Waals surface area (Å²) in [6.07, 6.45) is 2.62. The van der Waals surface area contributed by atoms with Crippen LogP contribution in [-0.2, 0) is 16.1 Å². The number of ether oxygens (including phenoxy) is 1. The van der Waals surface area contributed by atoms with Crippen LogP contribution in [0.1, 0.15) is 17.8 Å². The van der Waals surface area contributed by atoms with Crippen molar-refractivity contribution in [2.75, 3.05) is 25.5 Å². The summed E-state index contributed by atoms with van der Waals surface area (Å²) in [5.74, 6) is -0.0991. The van der Waals surface area contributed by atoms with Crippen LogP contribution >= 0.6 is 0 Å². The smallest absolute Gasteiger partial charge is 0.241 e. The van der Waals surface area contributed by atoms with E-state index in [0.29, 0.717) is 25.4 Å². The standard InChI is InChI=1S/C13H22N4O2/c1-4-5-7-19-8-6-15-12(18)9-17-11(3)13(14)10(2)16-17/h4H,1,5-9,14H2,2-3H3,(H,15,18). The van der Waals surface area contributed by atoms with Crippen molar-refractivity contribution >= 4 is 11.6 Å². The molecule has 106 valence electrons. The Hall–Kier alpha value is -1.82. The molecule has 0 aliphatic rings. The quantitative estimate of drug-likeness (QED) is 0.538. The van der Waals surface area contributed by atoms with Crippen LogP contribution in [0.15, 0.2) is 12.7 Å². The van der Waals surface area contributed by atoms with Crippen molar-refractivity contribution in [1.82, 2.24) is 15.1 Å². The van der Waals surface area contributed by atoms with Crippen LogP contribution in [0.25, 0.3) is 0 Å². The topological polar surface area (TPSA) is 82.2 Å². The number of hydrogen-bond donors (Lipinski definition) is 2. The van der Waals surface area contributed by atoms with E-state index in [1.54, 1.807) is 10.8 Å². The number of aromatic nitrogens is 2. The largest absolute Gasteiger partial charge is 0.396 e. The number of nitrogen functional groups attached to an aromatic ring is 1. The predicted molar refractivity (Wildman–Crippen MR) is 74.8 cm³/mol. The summed E-state index contributed by atoms with van der Waals surface area (Å²) >= 11 is 0. The monoisotopic (exact) mass is 266 g/mol. The lowest BCUT2D eigenvalue weighted by atomic mass is 10.3. The van der Waals surface area contributed by atoms with Gasteiger partial charge in [-0.2, -0.15) is 5.10 Å². The minimum Gasteiger partial charge on any atom is -0.396 e. The number of carbonyl (C=O) groups is 1. The molecule has 1 aromatic rings. The molecule has 1 amide bonds. The van der Waals surface area contributed by atoms with Crippen LogP contribution in [0.2, 0.25) is 0 Å². The number of nitrogens with zero attached hydrogens (tertiary/aromatic N) is 2. The van der Waals surface area contributed by atoms with Gasteiger partial charge in [0.2, 0.25) is 5.91 Å². The molecule has 1 rings (SSSR count). The predicted octanol–water partition coefficient (Wildman–Crippen LogP) is 0.791. The number of amides is 1. The Morgan fingerprint density at radius 3 is 2.84 bits per heavy atom. The van der Waals surface area contributed by atoms with Gasteiger partial charge in [0.1, 0.15) is 6.54 Å². The Morgan fingerprint density at radius 1 is 1.53 bits per heavy atom. The van der Waals surface area contributed by atoms with Gasteiger partial charge in [0.05, 0.1) is 30.3 Å². The Kier molecular flexibility index (Phi) is 6.08. The van der Waals surface area contributed by atoms with Gasteiger partial charge in [-0.05, 0) is 20.3 Å². The van der Waals surface area contributed by atoms with E-state index in [4.69, 9.17) is 10.5 Å². The molecule has 0 aliphatic carbocycles. The maximum atomic E-state index is 11.7. The molecule has 6 nitrogen and oxygen atoms in total. The van der Waals surface area contributed by atoms with Gasteiger partial charge in [-0.3, -0.25) is 9.48 Å². The van der Waals surface area contributed by atoms with Crippen LogP contribution in [0, 0.1) is 13.8 Å². The van der Waals surface area contributed by atoms with E-state index < -0.39 is 0 Å². The van der Waals surface area contributed by atoms with Crippen molar-refractivity contribution in [2.45, 2.75) is 26.8 Å². The fraction of sp³-hybridized carbons (Fsp3) is 0.538. The van der Waals surface area contributed by atoms with E-state index >= 15 is 0 Å². The zero-order chi connectivity index (χ0) is 14.3. The van der Waals surface area contributed by atoms with Gasteiger partial charge in [0.15, 0.2) is 0 Å². The molecule has 0 spiro atoms. The van der Waals surface area contributed by atoms with E-state index in [9.17, 15) is 4.79 Å². The van der Waals surface area contributed by atoms with Crippen molar-refractivity contribution in [3.05, 3.63) is 24.0 Å². The van der Waals surface area contributed by atoms with E-state index in [2.05, 4.69) is 17.0 Å². The molecule has 0 saturated heterocycles. The molecule has 0 bridgehead atoms. The number of aryl methyl sites for hydroxylation is 1. The zero-order valence-corrected chi connectivity index (χ0v) is 11.6. The molecule has 6 heteroatoms. The van der Waals surface area contributed by atoms with Crippen molar-refractivity contribution in [3.8, 4) is 0 Å². The average Bonchev–Trinajstić information content (AvgIpc) is 2.61. The van der Waals surface area contributed by atoms with Gasteiger partial charge in [0.25, 0.3) is 0 Å². The van der Waals surface area contributed by atoms with Gasteiger partial charge in [-0.25, -0.2) is 0 Å². The zero-order valence-electron chi connectivity index (χ0n) is 11.6. The summed E-state index contributed by atoms with van der Waals surface area (Å²) in [5.41, 5.74) is 8.01. The van der Waals surface area contributed by atoms with Crippen molar-refractivity contribution in [3.63, 3.8) is 0 Å². The second kappa shape index (κ2) is 7.58. The van der Waals surface area contributed by atoms with Gasteiger partial charge in [-0.1, -0.05) is 6.08 Å². The van der Waals surface area contributed by atoms with Crippen LogP contribution in [0.4, 0.5) is 5.69 Å². The van der Waals surface area contributed by atoms with Crippen LogP contribution < -0.4 is 11.1 Å². The number of hydrogen-bond acceptors (Lipinski definition) is 4. The highest BCUT2D eigenvalue weighted by atomic mass is 16.5. The van der Waals surface area contributed by atoms with Gasteiger partial charge < -0.3 is 15.8 Å². The normalized spacial score (nSPS) is 10.4. The SMILES string of the molecule is C=CCCOCCNC(=O)Cn1nc(C)c(N)c1C. The lowest BCUT2D eigenvalue weighted by molar-refractivity contribution is -0.122. The molecule has 0 saturated carbocycles. The van der Waals surface area contributed by atoms with Crippen molar-refractivity contribution in [1.29, 1.82) is 0 Å². The Labute approximate surface area is 113 Å². The van der Waals surface area contributed by atoms with Crippen LogP contribution in [0.3, 0.4) is 0 Å². The molecule has 0 aromatic carbocycles. The molecule has 0 unspecified atom stereocenters. The van der Waals surface area contributed by atoms with Gasteiger partial charge in [0, 0.05) is 6.54 Å². The fourth-order valence-electron chi connectivity index (χ4n) is 1.59. The third kappa shape index (κ3) is 4.75. The molecular weight excluding hydrogens is 244 g/mol. The summed E-state index contributed by atoms with van der Waals surface area (Å²) < 4.78 is 6.90. The summed E-state index contributed by atoms with van der Waals surface area (Å²) in [4.78, 5) is 11.7. The number of nitrogens with two attached hydrogens (primary N) is 1. The molecule has 19 heavy (non-hydrogen) atoms. The second-order valence-corrected chi connectivity index (χ2v) is 4.28. The van der Waals surface area contributed by atoms with Gasteiger partial charge in [-0.15, -0.1) is 6.58 Å². The second-order valence-electron chi connectivity index (χ2n) is 4.28. The Balaban J connectivity index is 2.27. The van der Waals surface area contributed by atoms with Crippen LogP contribution in [-0.4, -0.2) is 35.4 Å². The summed E-state index contributed by atoms with van der Waals surface area (Å²) in [7, 11) is 0. The molecule has 0 atom stereocenters. The molecule has 0 fully saturated rings. The number of anilines is 1. The minimum atomic E-state index is -0.0991. The fourth-order valence-corrected chi connectivity index (χ4v) is 1.59. The number of carbonyl (C=O) groups excluding carboxylic acids is 1. The maximum absolute atomic E-state index is 11.7. The minimum absolute atomic E-state index is 0.0991. The van der Waals surface area contributed by atoms with E-state index in [1.807, 2.05) is 13.8 Å². The average molecular weight is 266 g/mol. The van der Waals surface area contributed by atoms with E-state index in [-0.39, 0.29) is 12.5 Å². The first-order valence-electron chi connectivity index (χ1n) is 6.31. The highest BCUT2D eigenvalue weighted by molar-refractivity contribution is 5.75. The summed E-state index contributed by atoms with van der Waals surface area (Å²) in [6.45, 7) is 9.07. The first-order chi connectivity index (χ1) is 9.06. The third-order valence-corrected chi connectivity index (χ3v) is 2.77. The lowest BCUT2D eigenvalue weighted by Gasteiger charge is -2.07. The summed E-state index contributed by atoms with van der Waals surface area (Å²) in [5, 5.41) is 6.98. The highest BCUT2D eigenvalue weighted by Crippen LogP contribution is 2.14. The number of nitrogens with one attached hydrogen (secondary N) is 1. The maximum Gasteiger partial charge on any atom is 0.241 e. The first kappa shape index (κ1) is 15.2. The van der Waals surface area contributed by atoms with E-state index in [1.165, 1.54) is 0 Å². The highest BCUT2D eigenvalue weighted by Gasteiger charge is 2.10. The molecule has 0 radical (unpaired) electrons. The van der Waals surface area contributed by atoms with Crippen molar-refractivity contribution < 1.29 is 9.53 Å². The molecule has 1 aromatic heterocycles. The summed E-state index contributed by atoms with van der Waals surface area (Å²) in [6, 6.07) is 0. The van der Waals surface area contributed by atoms with Gasteiger partial charge >= 0.3 is 0 Å².